The summed E-state index contributed by atoms with van der Waals surface area (Å²) in [7, 11) is 0. The fourth-order valence-electron chi connectivity index (χ4n) is 6.21. The van der Waals surface area contributed by atoms with E-state index in [9.17, 15) is 9.90 Å². The molecule has 0 aliphatic carbocycles. The topological polar surface area (TPSA) is 76.5 Å². The molecule has 0 bridgehead atoms. The third-order valence-electron chi connectivity index (χ3n) is 8.76. The number of carbonyl (C=O) groups is 1. The zero-order valence-corrected chi connectivity index (χ0v) is 31.0. The second-order valence-corrected chi connectivity index (χ2v) is 13.4. The summed E-state index contributed by atoms with van der Waals surface area (Å²) in [4.78, 5) is 16.5. The van der Waals surface area contributed by atoms with Crippen LogP contribution in [0.1, 0.15) is 79.7 Å². The molecule has 1 N–H and O–H groups in total. The van der Waals surface area contributed by atoms with E-state index in [0.29, 0.717) is 5.89 Å². The molecule has 0 fully saturated rings. The molecule has 6 aromatic rings. The van der Waals surface area contributed by atoms with Crippen molar-refractivity contribution in [1.82, 2.24) is 4.98 Å². The van der Waals surface area contributed by atoms with Gasteiger partial charge in [-0.1, -0.05) is 96.5 Å². The van der Waals surface area contributed by atoms with Crippen molar-refractivity contribution >= 4 is 49.6 Å². The Morgan fingerprint density at radius 2 is 1.51 bits per heavy atom. The number of aliphatic hydroxyl groups excluding tert-OH is 1. The first kappa shape index (κ1) is 36.1. The van der Waals surface area contributed by atoms with Gasteiger partial charge in [-0.3, -0.25) is 4.79 Å². The average molecular weight is 809 g/mol. The number of rotatable bonds is 9. The number of hydrogen-bond acceptors (Lipinski definition) is 5. The SMILES string of the molecule is CC(C)(C)Cc1ccc2c(c1)oc1c3ccccc3[c-]c(-c3nc4ccccc4o3)c21.CCC(CC)C(=O)/C=C(\O)C(CC)CC.[Ir]. The molecule has 0 unspecified atom stereocenters. The van der Waals surface area contributed by atoms with Gasteiger partial charge in [-0.2, -0.15) is 0 Å². The first-order valence-corrected chi connectivity index (χ1v) is 16.7. The summed E-state index contributed by atoms with van der Waals surface area (Å²) in [6.07, 6.45) is 5.90. The van der Waals surface area contributed by atoms with Crippen LogP contribution in [0.5, 0.6) is 0 Å². The number of furan rings is 1. The Labute approximate surface area is 291 Å². The average Bonchev–Trinajstić information content (AvgIpc) is 3.63. The number of hydrogen-bond donors (Lipinski definition) is 1. The maximum absolute atomic E-state index is 11.7. The second-order valence-electron chi connectivity index (χ2n) is 13.4. The van der Waals surface area contributed by atoms with E-state index in [4.69, 9.17) is 13.8 Å². The number of benzene rings is 4. The summed E-state index contributed by atoms with van der Waals surface area (Å²) in [5.41, 5.74) is 5.68. The largest absolute Gasteiger partial charge is 0.512 e. The van der Waals surface area contributed by atoms with Crippen LogP contribution in [0, 0.1) is 23.3 Å². The molecule has 0 spiro atoms. The number of para-hydroxylation sites is 2. The van der Waals surface area contributed by atoms with Crippen LogP contribution in [-0.2, 0) is 31.3 Å². The molecular weight excluding hydrogens is 763 g/mol. The summed E-state index contributed by atoms with van der Waals surface area (Å²) in [5.74, 6) is 1.12. The number of oxazole rings is 1. The number of ketones is 1. The number of carbonyl (C=O) groups excluding carboxylic acids is 1. The molecule has 2 heterocycles. The van der Waals surface area contributed by atoms with Crippen LogP contribution in [0.25, 0.3) is 55.3 Å². The zero-order valence-electron chi connectivity index (χ0n) is 28.6. The molecule has 249 valence electrons. The Morgan fingerprint density at radius 3 is 2.17 bits per heavy atom. The first-order valence-electron chi connectivity index (χ1n) is 16.7. The Balaban J connectivity index is 0.000000269. The van der Waals surface area contributed by atoms with Crippen LogP contribution in [0.4, 0.5) is 0 Å². The minimum Gasteiger partial charge on any atom is -0.512 e. The van der Waals surface area contributed by atoms with Crippen molar-refractivity contribution in [3.8, 4) is 11.5 Å². The number of aromatic nitrogens is 1. The summed E-state index contributed by atoms with van der Waals surface area (Å²) in [6.45, 7) is 14.8. The summed E-state index contributed by atoms with van der Waals surface area (Å²) < 4.78 is 12.6. The Kier molecular flexibility index (Phi) is 11.9. The normalized spacial score (nSPS) is 12.2. The van der Waals surface area contributed by atoms with Gasteiger partial charge in [0.15, 0.2) is 11.7 Å². The van der Waals surface area contributed by atoms with Crippen molar-refractivity contribution in [2.45, 2.75) is 80.6 Å². The molecule has 0 atom stereocenters. The van der Waals surface area contributed by atoms with Gasteiger partial charge in [0, 0.05) is 38.0 Å². The van der Waals surface area contributed by atoms with E-state index in [1.165, 1.54) is 11.6 Å². The van der Waals surface area contributed by atoms with E-state index in [2.05, 4.69) is 57.2 Å². The van der Waals surface area contributed by atoms with Crippen molar-refractivity contribution < 1.29 is 38.8 Å². The number of fused-ring (bicyclic) bond motifs is 6. The van der Waals surface area contributed by atoms with Crippen LogP contribution < -0.4 is 0 Å². The quantitative estimate of drug-likeness (QED) is 0.0894. The summed E-state index contributed by atoms with van der Waals surface area (Å²) in [5, 5.41) is 13.9. The van der Waals surface area contributed by atoms with Crippen LogP contribution >= 0.6 is 0 Å². The monoisotopic (exact) mass is 809 g/mol. The van der Waals surface area contributed by atoms with Crippen molar-refractivity contribution in [2.24, 2.45) is 17.3 Å². The van der Waals surface area contributed by atoms with Gasteiger partial charge in [-0.15, -0.1) is 17.5 Å². The van der Waals surface area contributed by atoms with Gasteiger partial charge in [-0.25, -0.2) is 4.98 Å². The molecule has 6 rings (SSSR count). The Bertz CT molecular complexity index is 1970. The third kappa shape index (κ3) is 8.05. The maximum atomic E-state index is 11.7. The van der Waals surface area contributed by atoms with Crippen LogP contribution in [0.3, 0.4) is 0 Å². The number of aliphatic hydroxyl groups is 1. The van der Waals surface area contributed by atoms with E-state index in [0.717, 1.165) is 81.5 Å². The molecule has 47 heavy (non-hydrogen) atoms. The molecule has 0 aliphatic heterocycles. The molecule has 6 heteroatoms. The minimum absolute atomic E-state index is 0. The third-order valence-corrected chi connectivity index (χ3v) is 8.76. The standard InChI is InChI=1S/C28H22NO2.C13H24O2.Ir/c1-28(2,3)16-17-12-13-20-24(14-17)30-26-19-9-5-4-8-18(19)15-21(25(20)26)27-29-22-10-6-7-11-23(22)31-27;1-5-10(6-2)12(14)9-13(15)11(7-3)8-4;/h4-14H,16H2,1-3H3;9-11,14H,5-8H2,1-4H3;/q-1;;/b;12-9-;. The molecular formula is C41H46IrNO4-. The van der Waals surface area contributed by atoms with Crippen molar-refractivity contribution in [2.75, 3.05) is 0 Å². The fourth-order valence-corrected chi connectivity index (χ4v) is 6.21. The molecule has 0 aliphatic rings. The van der Waals surface area contributed by atoms with Gasteiger partial charge in [0.05, 0.1) is 16.9 Å². The summed E-state index contributed by atoms with van der Waals surface area (Å²) in [6, 6.07) is 26.1. The fraction of sp³-hybridized carbons (Fsp3) is 0.366. The maximum Gasteiger partial charge on any atom is 0.162 e. The van der Waals surface area contributed by atoms with Gasteiger partial charge < -0.3 is 13.9 Å². The van der Waals surface area contributed by atoms with E-state index >= 15 is 0 Å². The van der Waals surface area contributed by atoms with Gasteiger partial charge >= 0.3 is 0 Å². The molecule has 4 aromatic carbocycles. The molecule has 0 saturated heterocycles. The van der Waals surface area contributed by atoms with Crippen molar-refractivity contribution in [1.29, 1.82) is 0 Å². The van der Waals surface area contributed by atoms with E-state index in [-0.39, 0.29) is 48.9 Å². The number of allylic oxidation sites excluding steroid dienone is 2. The van der Waals surface area contributed by atoms with Crippen molar-refractivity contribution in [3.05, 3.63) is 90.2 Å². The Morgan fingerprint density at radius 1 is 0.851 bits per heavy atom. The zero-order chi connectivity index (χ0) is 33.0. The van der Waals surface area contributed by atoms with Gasteiger partial charge in [0.1, 0.15) is 11.2 Å². The molecule has 2 aromatic heterocycles. The smallest absolute Gasteiger partial charge is 0.162 e. The van der Waals surface area contributed by atoms with Crippen LogP contribution in [0.2, 0.25) is 0 Å². The first-order chi connectivity index (χ1) is 22.1. The van der Waals surface area contributed by atoms with E-state index in [1.54, 1.807) is 0 Å². The predicted molar refractivity (Wildman–Crippen MR) is 190 cm³/mol. The van der Waals surface area contributed by atoms with Gasteiger partial charge in [-0.05, 0) is 77.4 Å². The molecule has 0 amide bonds. The van der Waals surface area contributed by atoms with E-state index in [1.807, 2.05) is 64.1 Å². The van der Waals surface area contributed by atoms with Crippen LogP contribution in [0.15, 0.2) is 87.4 Å². The second kappa shape index (κ2) is 15.4. The van der Waals surface area contributed by atoms with Crippen LogP contribution in [-0.4, -0.2) is 15.9 Å². The summed E-state index contributed by atoms with van der Waals surface area (Å²) >= 11 is 0. The molecule has 5 nitrogen and oxygen atoms in total. The molecule has 1 radical (unpaired) electrons. The minimum atomic E-state index is 0. The van der Waals surface area contributed by atoms with Crippen molar-refractivity contribution in [3.63, 3.8) is 0 Å². The Hall–Kier alpha value is -3.73. The van der Waals surface area contributed by atoms with Gasteiger partial charge in [0.2, 0.25) is 0 Å². The predicted octanol–water partition coefficient (Wildman–Crippen LogP) is 11.8. The van der Waals surface area contributed by atoms with E-state index < -0.39 is 0 Å². The number of nitrogens with zero attached hydrogens (tertiary/aromatic N) is 1. The van der Waals surface area contributed by atoms with Gasteiger partial charge in [0.25, 0.3) is 0 Å². The molecule has 0 saturated carbocycles.